The van der Waals surface area contributed by atoms with Crippen LogP contribution < -0.4 is 19.5 Å². The number of carbonyl (C=O) groups is 3. The van der Waals surface area contributed by atoms with Crippen LogP contribution in [0.1, 0.15) is 16.7 Å². The third-order valence-corrected chi connectivity index (χ3v) is 6.61. The van der Waals surface area contributed by atoms with Crippen LogP contribution in [-0.2, 0) is 9.59 Å². The fourth-order valence-corrected chi connectivity index (χ4v) is 4.66. The molecule has 0 bridgehead atoms. The van der Waals surface area contributed by atoms with Gasteiger partial charge < -0.3 is 19.5 Å². The highest BCUT2D eigenvalue weighted by Crippen LogP contribution is 2.34. The van der Waals surface area contributed by atoms with Gasteiger partial charge >= 0.3 is 0 Å². The molecule has 0 unspecified atom stereocenters. The maximum Gasteiger partial charge on any atom is 0.293 e. The lowest BCUT2D eigenvalue weighted by molar-refractivity contribution is -0.123. The third kappa shape index (κ3) is 6.74. The van der Waals surface area contributed by atoms with E-state index in [0.29, 0.717) is 27.7 Å². The molecule has 0 saturated carbocycles. The van der Waals surface area contributed by atoms with E-state index in [1.54, 1.807) is 24.3 Å². The van der Waals surface area contributed by atoms with Gasteiger partial charge in [-0.2, -0.15) is 0 Å². The lowest BCUT2D eigenvalue weighted by Crippen LogP contribution is -2.32. The normalized spacial score (nSPS) is 14.1. The Labute approximate surface area is 225 Å². The lowest BCUT2D eigenvalue weighted by Gasteiger charge is -2.13. The van der Waals surface area contributed by atoms with Crippen molar-refractivity contribution in [1.82, 2.24) is 4.90 Å². The maximum absolute atomic E-state index is 12.8. The van der Waals surface area contributed by atoms with Gasteiger partial charge in [0.1, 0.15) is 12.4 Å². The monoisotopic (exact) mass is 532 g/mol. The van der Waals surface area contributed by atoms with E-state index in [4.69, 9.17) is 14.2 Å². The number of anilines is 1. The van der Waals surface area contributed by atoms with Gasteiger partial charge in [0.2, 0.25) is 0 Å². The molecule has 3 aromatic rings. The SMILES string of the molecule is COc1cc(/C=C2\SC(=O)N(CCOc3ccccc3)C2=O)ccc1OCC(=O)Nc1ccc(C)cc1C. The van der Waals surface area contributed by atoms with Crippen LogP contribution in [0.2, 0.25) is 0 Å². The van der Waals surface area contributed by atoms with Crippen LogP contribution in [0.15, 0.2) is 71.6 Å². The molecule has 9 heteroatoms. The Morgan fingerprint density at radius 2 is 1.76 bits per heavy atom. The smallest absolute Gasteiger partial charge is 0.293 e. The third-order valence-electron chi connectivity index (χ3n) is 5.70. The summed E-state index contributed by atoms with van der Waals surface area (Å²) in [5.41, 5.74) is 3.46. The summed E-state index contributed by atoms with van der Waals surface area (Å²) in [5.74, 6) is 0.777. The predicted molar refractivity (Wildman–Crippen MR) is 148 cm³/mol. The van der Waals surface area contributed by atoms with Crippen molar-refractivity contribution in [1.29, 1.82) is 0 Å². The van der Waals surface area contributed by atoms with Gasteiger partial charge in [-0.25, -0.2) is 0 Å². The second-order valence-corrected chi connectivity index (χ2v) is 9.55. The number of ether oxygens (including phenoxy) is 3. The number of nitrogens with one attached hydrogen (secondary N) is 1. The number of hydrogen-bond donors (Lipinski definition) is 1. The van der Waals surface area contributed by atoms with E-state index in [1.165, 1.54) is 12.0 Å². The van der Waals surface area contributed by atoms with Gasteiger partial charge in [0, 0.05) is 5.69 Å². The molecule has 1 fully saturated rings. The molecule has 1 aliphatic heterocycles. The van der Waals surface area contributed by atoms with Crippen molar-refractivity contribution in [2.45, 2.75) is 13.8 Å². The molecule has 38 heavy (non-hydrogen) atoms. The van der Waals surface area contributed by atoms with E-state index in [9.17, 15) is 14.4 Å². The minimum atomic E-state index is -0.376. The first-order valence-electron chi connectivity index (χ1n) is 11.9. The molecule has 0 aliphatic carbocycles. The number of aryl methyl sites for hydroxylation is 2. The first-order chi connectivity index (χ1) is 18.3. The maximum atomic E-state index is 12.8. The van der Waals surface area contributed by atoms with Gasteiger partial charge in [0.05, 0.1) is 18.6 Å². The van der Waals surface area contributed by atoms with Crippen LogP contribution in [0.3, 0.4) is 0 Å². The number of para-hydroxylation sites is 1. The summed E-state index contributed by atoms with van der Waals surface area (Å²) < 4.78 is 16.7. The van der Waals surface area contributed by atoms with Crippen LogP contribution in [-0.4, -0.2) is 48.8 Å². The Morgan fingerprint density at radius 1 is 0.974 bits per heavy atom. The van der Waals surface area contributed by atoms with Crippen molar-refractivity contribution in [2.24, 2.45) is 0 Å². The van der Waals surface area contributed by atoms with Gasteiger partial charge in [0.25, 0.3) is 17.1 Å². The second kappa shape index (κ2) is 12.3. The highest BCUT2D eigenvalue weighted by atomic mass is 32.2. The van der Waals surface area contributed by atoms with E-state index >= 15 is 0 Å². The summed E-state index contributed by atoms with van der Waals surface area (Å²) in [6, 6.07) is 20.1. The summed E-state index contributed by atoms with van der Waals surface area (Å²) in [6.07, 6.45) is 1.63. The Kier molecular flexibility index (Phi) is 8.70. The average Bonchev–Trinajstić information content (AvgIpc) is 3.17. The number of imide groups is 1. The van der Waals surface area contributed by atoms with E-state index in [1.807, 2.05) is 62.4 Å². The van der Waals surface area contributed by atoms with Gasteiger partial charge in [-0.05, 0) is 73.1 Å². The zero-order chi connectivity index (χ0) is 27.1. The molecule has 1 saturated heterocycles. The van der Waals surface area contributed by atoms with Crippen LogP contribution in [0.25, 0.3) is 6.08 Å². The minimum absolute atomic E-state index is 0.150. The van der Waals surface area contributed by atoms with Gasteiger partial charge in [-0.1, -0.05) is 42.0 Å². The molecule has 0 aromatic heterocycles. The van der Waals surface area contributed by atoms with Crippen molar-refractivity contribution < 1.29 is 28.6 Å². The van der Waals surface area contributed by atoms with Crippen molar-refractivity contribution in [3.63, 3.8) is 0 Å². The molecule has 0 radical (unpaired) electrons. The first kappa shape index (κ1) is 26.8. The van der Waals surface area contributed by atoms with Crippen LogP contribution >= 0.6 is 11.8 Å². The summed E-state index contributed by atoms with van der Waals surface area (Å²) in [7, 11) is 1.49. The molecule has 196 valence electrons. The Bertz CT molecular complexity index is 1370. The molecule has 1 heterocycles. The number of rotatable bonds is 10. The number of nitrogens with zero attached hydrogens (tertiary/aromatic N) is 1. The van der Waals surface area contributed by atoms with Crippen LogP contribution in [0.4, 0.5) is 10.5 Å². The van der Waals surface area contributed by atoms with E-state index < -0.39 is 0 Å². The number of benzene rings is 3. The molecule has 4 rings (SSSR count). The first-order valence-corrected chi connectivity index (χ1v) is 12.8. The largest absolute Gasteiger partial charge is 0.493 e. The minimum Gasteiger partial charge on any atom is -0.493 e. The van der Waals surface area contributed by atoms with Crippen LogP contribution in [0.5, 0.6) is 17.2 Å². The number of thioether (sulfide) groups is 1. The summed E-state index contributed by atoms with van der Waals surface area (Å²) in [5, 5.41) is 2.49. The fraction of sp³-hybridized carbons (Fsp3) is 0.207. The van der Waals surface area contributed by atoms with Crippen molar-refractivity contribution in [3.05, 3.63) is 88.3 Å². The molecule has 0 spiro atoms. The average molecular weight is 533 g/mol. The standard InChI is InChI=1S/C29H28N2O6S/c1-19-9-11-23(20(2)15-19)30-27(32)18-37-24-12-10-21(16-25(24)35-3)17-26-28(33)31(29(34)38-26)13-14-36-22-7-5-4-6-8-22/h4-12,15-17H,13-14,18H2,1-3H3,(H,30,32)/b26-17-. The highest BCUT2D eigenvalue weighted by Gasteiger charge is 2.34. The molecule has 0 atom stereocenters. The van der Waals surface area contributed by atoms with E-state index in [0.717, 1.165) is 28.6 Å². The lowest BCUT2D eigenvalue weighted by atomic mass is 10.1. The summed E-state index contributed by atoms with van der Waals surface area (Å²) in [6.45, 7) is 4.07. The number of methoxy groups -OCH3 is 1. The summed E-state index contributed by atoms with van der Waals surface area (Å²) in [4.78, 5) is 39.1. The number of amides is 3. The van der Waals surface area contributed by atoms with Crippen molar-refractivity contribution in [2.75, 3.05) is 32.2 Å². The van der Waals surface area contributed by atoms with E-state index in [-0.39, 0.29) is 36.8 Å². The second-order valence-electron chi connectivity index (χ2n) is 8.56. The van der Waals surface area contributed by atoms with E-state index in [2.05, 4.69) is 5.32 Å². The highest BCUT2D eigenvalue weighted by molar-refractivity contribution is 8.18. The number of hydrogen-bond acceptors (Lipinski definition) is 7. The molecule has 1 aliphatic rings. The van der Waals surface area contributed by atoms with Gasteiger partial charge in [0.15, 0.2) is 18.1 Å². The summed E-state index contributed by atoms with van der Waals surface area (Å²) >= 11 is 0.876. The van der Waals surface area contributed by atoms with Crippen LogP contribution in [0, 0.1) is 13.8 Å². The predicted octanol–water partition coefficient (Wildman–Crippen LogP) is 5.44. The quantitative estimate of drug-likeness (QED) is 0.347. The fourth-order valence-electron chi connectivity index (χ4n) is 3.79. The molecule has 3 aromatic carbocycles. The molecule has 1 N–H and O–H groups in total. The topological polar surface area (TPSA) is 94.2 Å². The molecular formula is C29H28N2O6S. The number of carbonyl (C=O) groups excluding carboxylic acids is 3. The Balaban J connectivity index is 1.36. The molecular weight excluding hydrogens is 504 g/mol. The zero-order valence-electron chi connectivity index (χ0n) is 21.4. The Morgan fingerprint density at radius 3 is 2.50 bits per heavy atom. The van der Waals surface area contributed by atoms with Gasteiger partial charge in [-0.3, -0.25) is 19.3 Å². The van der Waals surface area contributed by atoms with Gasteiger partial charge in [-0.15, -0.1) is 0 Å². The molecule has 8 nitrogen and oxygen atoms in total. The molecule has 3 amide bonds. The van der Waals surface area contributed by atoms with Crippen molar-refractivity contribution >= 4 is 40.6 Å². The zero-order valence-corrected chi connectivity index (χ0v) is 22.2. The Hall–Kier alpha value is -4.24. The van der Waals surface area contributed by atoms with Crippen molar-refractivity contribution in [3.8, 4) is 17.2 Å².